The molecule has 1 atom stereocenters. The van der Waals surface area contributed by atoms with Crippen molar-refractivity contribution in [2.75, 3.05) is 0 Å². The SMILES string of the molecule is CC(Oc1cncc(Br)c1)C(=O)NC1CCCCC1. The van der Waals surface area contributed by atoms with Gasteiger partial charge in [-0.25, -0.2) is 0 Å². The van der Waals surface area contributed by atoms with Crippen LogP contribution in [0.2, 0.25) is 0 Å². The fraction of sp³-hybridized carbons (Fsp3) is 0.571. The van der Waals surface area contributed by atoms with Gasteiger partial charge in [-0.2, -0.15) is 0 Å². The Morgan fingerprint density at radius 1 is 1.42 bits per heavy atom. The van der Waals surface area contributed by atoms with Crippen molar-refractivity contribution in [1.82, 2.24) is 10.3 Å². The van der Waals surface area contributed by atoms with E-state index < -0.39 is 6.10 Å². The van der Waals surface area contributed by atoms with Crippen LogP contribution in [0.4, 0.5) is 0 Å². The van der Waals surface area contributed by atoms with Crippen molar-refractivity contribution in [1.29, 1.82) is 0 Å². The lowest BCUT2D eigenvalue weighted by atomic mass is 9.95. The number of nitrogens with one attached hydrogen (secondary N) is 1. The molecular weight excluding hydrogens is 308 g/mol. The number of carbonyl (C=O) groups excluding carboxylic acids is 1. The van der Waals surface area contributed by atoms with Gasteiger partial charge in [0.05, 0.1) is 6.20 Å². The molecule has 4 nitrogen and oxygen atoms in total. The van der Waals surface area contributed by atoms with Crippen LogP contribution in [0, 0.1) is 0 Å². The fourth-order valence-corrected chi connectivity index (χ4v) is 2.62. The molecule has 0 bridgehead atoms. The van der Waals surface area contributed by atoms with E-state index in [9.17, 15) is 4.79 Å². The Bertz CT molecular complexity index is 433. The molecule has 1 unspecified atom stereocenters. The minimum atomic E-state index is -0.502. The van der Waals surface area contributed by atoms with Crippen LogP contribution in [0.15, 0.2) is 22.9 Å². The summed E-state index contributed by atoms with van der Waals surface area (Å²) in [5.74, 6) is 0.549. The zero-order valence-electron chi connectivity index (χ0n) is 11.1. The number of nitrogens with zero attached hydrogens (tertiary/aromatic N) is 1. The predicted octanol–water partition coefficient (Wildman–Crippen LogP) is 3.06. The van der Waals surface area contributed by atoms with Crippen LogP contribution in [0.5, 0.6) is 5.75 Å². The van der Waals surface area contributed by atoms with E-state index in [4.69, 9.17) is 4.74 Å². The zero-order valence-corrected chi connectivity index (χ0v) is 12.6. The molecule has 2 rings (SSSR count). The Morgan fingerprint density at radius 3 is 2.84 bits per heavy atom. The highest BCUT2D eigenvalue weighted by atomic mass is 79.9. The van der Waals surface area contributed by atoms with Crippen molar-refractivity contribution in [2.45, 2.75) is 51.2 Å². The Morgan fingerprint density at radius 2 is 2.16 bits per heavy atom. The van der Waals surface area contributed by atoms with Gasteiger partial charge in [-0.3, -0.25) is 9.78 Å². The quantitative estimate of drug-likeness (QED) is 0.925. The van der Waals surface area contributed by atoms with Crippen molar-refractivity contribution >= 4 is 21.8 Å². The first kappa shape index (κ1) is 14.3. The molecule has 1 aromatic rings. The van der Waals surface area contributed by atoms with Crippen molar-refractivity contribution in [2.24, 2.45) is 0 Å². The standard InChI is InChI=1S/C14H19BrN2O2/c1-10(19-13-7-11(15)8-16-9-13)14(18)17-12-5-3-2-4-6-12/h7-10,12H,2-6H2,1H3,(H,17,18). The van der Waals surface area contributed by atoms with Gasteiger partial charge in [-0.15, -0.1) is 0 Å². The number of halogens is 1. The van der Waals surface area contributed by atoms with Gasteiger partial charge in [-0.05, 0) is 41.8 Å². The summed E-state index contributed by atoms with van der Waals surface area (Å²) in [6.07, 6.45) is 8.63. The third-order valence-corrected chi connectivity index (χ3v) is 3.75. The molecule has 0 spiro atoms. The normalized spacial score (nSPS) is 17.8. The average Bonchev–Trinajstić information content (AvgIpc) is 2.40. The van der Waals surface area contributed by atoms with Crippen LogP contribution < -0.4 is 10.1 Å². The van der Waals surface area contributed by atoms with Crippen molar-refractivity contribution in [3.05, 3.63) is 22.9 Å². The van der Waals surface area contributed by atoms with E-state index in [1.165, 1.54) is 19.3 Å². The second kappa shape index (κ2) is 6.89. The van der Waals surface area contributed by atoms with E-state index in [0.717, 1.165) is 17.3 Å². The zero-order chi connectivity index (χ0) is 13.7. The van der Waals surface area contributed by atoms with Gasteiger partial charge in [0.1, 0.15) is 5.75 Å². The minimum Gasteiger partial charge on any atom is -0.479 e. The number of aromatic nitrogens is 1. The molecule has 1 fully saturated rings. The highest BCUT2D eigenvalue weighted by Gasteiger charge is 2.20. The highest BCUT2D eigenvalue weighted by molar-refractivity contribution is 9.10. The van der Waals surface area contributed by atoms with E-state index in [-0.39, 0.29) is 5.91 Å². The highest BCUT2D eigenvalue weighted by Crippen LogP contribution is 2.19. The summed E-state index contributed by atoms with van der Waals surface area (Å²) in [6.45, 7) is 1.76. The molecule has 1 N–H and O–H groups in total. The third-order valence-electron chi connectivity index (χ3n) is 3.31. The molecule has 0 saturated heterocycles. The summed E-state index contributed by atoms with van der Waals surface area (Å²) < 4.78 is 6.43. The Hall–Kier alpha value is -1.10. The van der Waals surface area contributed by atoms with E-state index >= 15 is 0 Å². The number of rotatable bonds is 4. The van der Waals surface area contributed by atoms with Crippen LogP contribution in [-0.2, 0) is 4.79 Å². The minimum absolute atomic E-state index is 0.0492. The Kier molecular flexibility index (Phi) is 5.19. The van der Waals surface area contributed by atoms with Crippen molar-refractivity contribution in [3.63, 3.8) is 0 Å². The van der Waals surface area contributed by atoms with E-state index in [0.29, 0.717) is 11.8 Å². The van der Waals surface area contributed by atoms with Gasteiger partial charge in [0.2, 0.25) is 0 Å². The summed E-state index contributed by atoms with van der Waals surface area (Å²) in [4.78, 5) is 16.0. The van der Waals surface area contributed by atoms with E-state index in [1.54, 1.807) is 25.4 Å². The monoisotopic (exact) mass is 326 g/mol. The molecule has 1 saturated carbocycles. The third kappa shape index (κ3) is 4.49. The topological polar surface area (TPSA) is 51.2 Å². The van der Waals surface area contributed by atoms with Crippen LogP contribution in [0.3, 0.4) is 0 Å². The maximum atomic E-state index is 12.0. The molecule has 104 valence electrons. The second-order valence-corrected chi connectivity index (χ2v) is 5.86. The maximum absolute atomic E-state index is 12.0. The van der Waals surface area contributed by atoms with E-state index in [1.807, 2.05) is 0 Å². The lowest BCUT2D eigenvalue weighted by Gasteiger charge is -2.24. The molecule has 0 aliphatic heterocycles. The molecular formula is C14H19BrN2O2. The molecule has 1 aromatic heterocycles. The van der Waals surface area contributed by atoms with E-state index in [2.05, 4.69) is 26.2 Å². The molecule has 1 amide bonds. The van der Waals surface area contributed by atoms with Crippen molar-refractivity contribution < 1.29 is 9.53 Å². The lowest BCUT2D eigenvalue weighted by Crippen LogP contribution is -2.43. The molecule has 5 heteroatoms. The molecule has 0 aromatic carbocycles. The summed E-state index contributed by atoms with van der Waals surface area (Å²) in [6, 6.07) is 2.12. The van der Waals surface area contributed by atoms with Crippen LogP contribution >= 0.6 is 15.9 Å². The molecule has 0 radical (unpaired) electrons. The fourth-order valence-electron chi connectivity index (χ4n) is 2.28. The van der Waals surface area contributed by atoms with Gasteiger partial charge >= 0.3 is 0 Å². The van der Waals surface area contributed by atoms with Crippen LogP contribution in [0.1, 0.15) is 39.0 Å². The van der Waals surface area contributed by atoms with Gasteiger partial charge in [-0.1, -0.05) is 19.3 Å². The smallest absolute Gasteiger partial charge is 0.260 e. The summed E-state index contributed by atoms with van der Waals surface area (Å²) in [5, 5.41) is 3.06. The van der Waals surface area contributed by atoms with Gasteiger partial charge < -0.3 is 10.1 Å². The number of pyridine rings is 1. The van der Waals surface area contributed by atoms with Gasteiger partial charge in [0, 0.05) is 16.7 Å². The van der Waals surface area contributed by atoms with Crippen molar-refractivity contribution in [3.8, 4) is 5.75 Å². The first-order valence-corrected chi connectivity index (χ1v) is 7.52. The molecule has 1 aliphatic carbocycles. The number of ether oxygens (including phenoxy) is 1. The number of hydrogen-bond donors (Lipinski definition) is 1. The Balaban J connectivity index is 1.84. The largest absolute Gasteiger partial charge is 0.479 e. The first-order chi connectivity index (χ1) is 9.15. The number of hydrogen-bond acceptors (Lipinski definition) is 3. The lowest BCUT2D eigenvalue weighted by molar-refractivity contribution is -0.128. The number of carbonyl (C=O) groups is 1. The number of amides is 1. The Labute approximate surface area is 122 Å². The van der Waals surface area contributed by atoms with Crippen LogP contribution in [-0.4, -0.2) is 23.0 Å². The van der Waals surface area contributed by atoms with Crippen LogP contribution in [0.25, 0.3) is 0 Å². The maximum Gasteiger partial charge on any atom is 0.260 e. The van der Waals surface area contributed by atoms with Gasteiger partial charge in [0.25, 0.3) is 5.91 Å². The average molecular weight is 327 g/mol. The summed E-state index contributed by atoms with van der Waals surface area (Å²) in [5.41, 5.74) is 0. The second-order valence-electron chi connectivity index (χ2n) is 4.94. The first-order valence-electron chi connectivity index (χ1n) is 6.73. The molecule has 1 heterocycles. The molecule has 19 heavy (non-hydrogen) atoms. The predicted molar refractivity (Wildman–Crippen MR) is 77.0 cm³/mol. The van der Waals surface area contributed by atoms with Gasteiger partial charge in [0.15, 0.2) is 6.10 Å². The summed E-state index contributed by atoms with van der Waals surface area (Å²) in [7, 11) is 0. The molecule has 1 aliphatic rings. The summed E-state index contributed by atoms with van der Waals surface area (Å²) >= 11 is 3.33.